The van der Waals surface area contributed by atoms with E-state index in [4.69, 9.17) is 14.2 Å². The summed E-state index contributed by atoms with van der Waals surface area (Å²) in [5.74, 6) is 0.725. The molecule has 344 valence electrons. The molecule has 6 nitrogen and oxygen atoms in total. The van der Waals surface area contributed by atoms with Gasteiger partial charge >= 0.3 is 17.9 Å². The Morgan fingerprint density at radius 2 is 0.569 bits per heavy atom. The van der Waals surface area contributed by atoms with Crippen LogP contribution in [0.15, 0.2) is 0 Å². The molecule has 0 aromatic carbocycles. The maximum Gasteiger partial charge on any atom is 0.306 e. The molecule has 0 rings (SSSR count). The summed E-state index contributed by atoms with van der Waals surface area (Å²) in [5.41, 5.74) is 0. The van der Waals surface area contributed by atoms with Crippen LogP contribution < -0.4 is 0 Å². The molecule has 0 bridgehead atoms. The molecule has 0 aromatic heterocycles. The summed E-state index contributed by atoms with van der Waals surface area (Å²) < 4.78 is 16.8. The van der Waals surface area contributed by atoms with Crippen LogP contribution in [0.2, 0.25) is 0 Å². The van der Waals surface area contributed by atoms with Crippen LogP contribution in [-0.4, -0.2) is 37.2 Å². The predicted octanol–water partition coefficient (Wildman–Crippen LogP) is 16.5. The molecule has 0 amide bonds. The summed E-state index contributed by atoms with van der Waals surface area (Å²) in [6, 6.07) is 0. The Balaban J connectivity index is 4.24. The summed E-state index contributed by atoms with van der Waals surface area (Å²) in [5, 5.41) is 0. The van der Waals surface area contributed by atoms with Gasteiger partial charge in [-0.1, -0.05) is 247 Å². The lowest BCUT2D eigenvalue weighted by atomic mass is 10.0. The highest BCUT2D eigenvalue weighted by Gasteiger charge is 2.19. The van der Waals surface area contributed by atoms with Crippen molar-refractivity contribution >= 4 is 17.9 Å². The van der Waals surface area contributed by atoms with Gasteiger partial charge in [0.15, 0.2) is 6.10 Å². The minimum absolute atomic E-state index is 0.0647. The molecule has 0 aliphatic carbocycles. The molecule has 0 spiro atoms. The Kier molecular flexibility index (Phi) is 43.7. The number of hydrogen-bond donors (Lipinski definition) is 0. The number of ether oxygens (including phenoxy) is 3. The van der Waals surface area contributed by atoms with E-state index in [-0.39, 0.29) is 31.1 Å². The van der Waals surface area contributed by atoms with Crippen LogP contribution >= 0.6 is 0 Å². The van der Waals surface area contributed by atoms with Gasteiger partial charge in [-0.25, -0.2) is 0 Å². The van der Waals surface area contributed by atoms with Crippen LogP contribution in [-0.2, 0) is 28.6 Å². The van der Waals surface area contributed by atoms with Crippen molar-refractivity contribution < 1.29 is 28.6 Å². The second-order valence-electron chi connectivity index (χ2n) is 18.8. The highest BCUT2D eigenvalue weighted by atomic mass is 16.6. The lowest BCUT2D eigenvalue weighted by Gasteiger charge is -2.18. The second-order valence-corrected chi connectivity index (χ2v) is 18.8. The average molecular weight is 821 g/mol. The molecule has 0 unspecified atom stereocenters. The van der Waals surface area contributed by atoms with Gasteiger partial charge in [0.1, 0.15) is 13.2 Å². The lowest BCUT2D eigenvalue weighted by Crippen LogP contribution is -2.30. The van der Waals surface area contributed by atoms with Gasteiger partial charge in [0.25, 0.3) is 0 Å². The summed E-state index contributed by atoms with van der Waals surface area (Å²) in [4.78, 5) is 37.8. The van der Waals surface area contributed by atoms with Crippen molar-refractivity contribution in [2.75, 3.05) is 13.2 Å². The van der Waals surface area contributed by atoms with Gasteiger partial charge in [-0.3, -0.25) is 14.4 Å². The monoisotopic (exact) mass is 821 g/mol. The topological polar surface area (TPSA) is 78.9 Å². The van der Waals surface area contributed by atoms with Crippen LogP contribution in [0.25, 0.3) is 0 Å². The highest BCUT2D eigenvalue weighted by molar-refractivity contribution is 5.71. The molecular weight excluding hydrogens is 721 g/mol. The highest BCUT2D eigenvalue weighted by Crippen LogP contribution is 2.17. The third kappa shape index (κ3) is 45.5. The summed E-state index contributed by atoms with van der Waals surface area (Å²) in [6.45, 7) is 11.3. The van der Waals surface area contributed by atoms with Crippen LogP contribution in [0.1, 0.15) is 285 Å². The maximum atomic E-state index is 12.8. The molecule has 0 aliphatic rings. The van der Waals surface area contributed by atoms with Gasteiger partial charge in [-0.15, -0.1) is 0 Å². The second kappa shape index (κ2) is 44.9. The number of esters is 3. The third-order valence-electron chi connectivity index (χ3n) is 11.7. The Bertz CT molecular complexity index is 885. The fourth-order valence-corrected chi connectivity index (χ4v) is 7.81. The summed E-state index contributed by atoms with van der Waals surface area (Å²) in [7, 11) is 0. The zero-order valence-electron chi connectivity index (χ0n) is 39.7. The molecule has 0 saturated heterocycles. The van der Waals surface area contributed by atoms with Crippen molar-refractivity contribution in [3.8, 4) is 0 Å². The molecule has 0 aromatic rings. The quantitative estimate of drug-likeness (QED) is 0.0346. The molecule has 0 radical (unpaired) electrons. The Labute approximate surface area is 361 Å². The van der Waals surface area contributed by atoms with Gasteiger partial charge in [0.2, 0.25) is 0 Å². The van der Waals surface area contributed by atoms with E-state index in [9.17, 15) is 14.4 Å². The first-order valence-corrected chi connectivity index (χ1v) is 25.7. The first-order chi connectivity index (χ1) is 28.2. The lowest BCUT2D eigenvalue weighted by molar-refractivity contribution is -0.167. The zero-order chi connectivity index (χ0) is 42.6. The number of unbranched alkanes of at least 4 members (excludes halogenated alkanes) is 31. The van der Waals surface area contributed by atoms with E-state index in [0.29, 0.717) is 19.3 Å². The Hall–Kier alpha value is -1.59. The van der Waals surface area contributed by atoms with E-state index < -0.39 is 6.10 Å². The SMILES string of the molecule is CCCCCCCCCCCCCCCCCCCCC(=O)OC[C@@H](COC(=O)CCCCCCCCC(C)C)OC(=O)CCCCCCCCCCCCC(C)C. The Morgan fingerprint density at radius 1 is 0.328 bits per heavy atom. The normalized spacial score (nSPS) is 12.1. The summed E-state index contributed by atoms with van der Waals surface area (Å²) in [6.07, 6.45) is 45.4. The van der Waals surface area contributed by atoms with Crippen LogP contribution in [0.5, 0.6) is 0 Å². The van der Waals surface area contributed by atoms with Gasteiger partial charge in [0, 0.05) is 19.3 Å². The van der Waals surface area contributed by atoms with E-state index in [0.717, 1.165) is 69.6 Å². The fraction of sp³-hybridized carbons (Fsp3) is 0.942. The number of hydrogen-bond acceptors (Lipinski definition) is 6. The Morgan fingerprint density at radius 3 is 0.845 bits per heavy atom. The van der Waals surface area contributed by atoms with Crippen molar-refractivity contribution in [3.05, 3.63) is 0 Å². The van der Waals surface area contributed by atoms with Gasteiger partial charge < -0.3 is 14.2 Å². The van der Waals surface area contributed by atoms with Crippen LogP contribution in [0.3, 0.4) is 0 Å². The fourth-order valence-electron chi connectivity index (χ4n) is 7.81. The van der Waals surface area contributed by atoms with Crippen molar-refractivity contribution in [2.24, 2.45) is 11.8 Å². The standard InChI is InChI=1S/C52H100O6/c1-6-7-8-9-10-11-12-13-14-15-16-17-18-19-23-26-32-37-42-50(53)56-45-49(46-57-51(54)43-38-33-29-28-31-36-41-48(4)5)58-52(55)44-39-34-27-24-21-20-22-25-30-35-40-47(2)3/h47-49H,6-46H2,1-5H3/t49-/m0/s1. The van der Waals surface area contributed by atoms with Crippen molar-refractivity contribution in [2.45, 2.75) is 291 Å². The number of carbonyl (C=O) groups is 3. The smallest absolute Gasteiger partial charge is 0.306 e. The average Bonchev–Trinajstić information content (AvgIpc) is 3.19. The zero-order valence-corrected chi connectivity index (χ0v) is 39.7. The van der Waals surface area contributed by atoms with E-state index in [2.05, 4.69) is 34.6 Å². The van der Waals surface area contributed by atoms with Crippen LogP contribution in [0, 0.1) is 11.8 Å². The number of carbonyl (C=O) groups excluding carboxylic acids is 3. The molecule has 58 heavy (non-hydrogen) atoms. The third-order valence-corrected chi connectivity index (χ3v) is 11.7. The molecular formula is C52H100O6. The molecule has 0 aliphatic heterocycles. The molecule has 0 fully saturated rings. The van der Waals surface area contributed by atoms with E-state index in [1.807, 2.05) is 0 Å². The molecule has 0 N–H and O–H groups in total. The minimum Gasteiger partial charge on any atom is -0.462 e. The molecule has 0 saturated carbocycles. The minimum atomic E-state index is -0.762. The van der Waals surface area contributed by atoms with Gasteiger partial charge in [-0.05, 0) is 31.1 Å². The van der Waals surface area contributed by atoms with E-state index >= 15 is 0 Å². The van der Waals surface area contributed by atoms with Crippen molar-refractivity contribution in [3.63, 3.8) is 0 Å². The van der Waals surface area contributed by atoms with E-state index in [1.54, 1.807) is 0 Å². The predicted molar refractivity (Wildman–Crippen MR) is 247 cm³/mol. The first kappa shape index (κ1) is 56.4. The first-order valence-electron chi connectivity index (χ1n) is 25.7. The van der Waals surface area contributed by atoms with E-state index in [1.165, 1.54) is 173 Å². The maximum absolute atomic E-state index is 12.8. The van der Waals surface area contributed by atoms with Crippen molar-refractivity contribution in [1.29, 1.82) is 0 Å². The number of rotatable bonds is 46. The molecule has 1 atom stereocenters. The molecule has 0 heterocycles. The van der Waals surface area contributed by atoms with Gasteiger partial charge in [-0.2, -0.15) is 0 Å². The van der Waals surface area contributed by atoms with Crippen LogP contribution in [0.4, 0.5) is 0 Å². The van der Waals surface area contributed by atoms with Crippen molar-refractivity contribution in [1.82, 2.24) is 0 Å². The molecule has 6 heteroatoms. The summed E-state index contributed by atoms with van der Waals surface area (Å²) >= 11 is 0. The van der Waals surface area contributed by atoms with Gasteiger partial charge in [0.05, 0.1) is 0 Å². The largest absolute Gasteiger partial charge is 0.462 e.